The molecule has 10 heteroatoms. The van der Waals surface area contributed by atoms with Crippen molar-refractivity contribution in [1.82, 2.24) is 14.9 Å². The highest BCUT2D eigenvalue weighted by Gasteiger charge is 2.35. The Morgan fingerprint density at radius 2 is 1.64 bits per heavy atom. The van der Waals surface area contributed by atoms with Crippen molar-refractivity contribution in [2.45, 2.75) is 90.3 Å². The number of piperidine rings is 1. The van der Waals surface area contributed by atoms with Crippen LogP contribution in [-0.2, 0) is 52.5 Å². The summed E-state index contributed by atoms with van der Waals surface area (Å²) in [4.78, 5) is 34.6. The Morgan fingerprint density at radius 1 is 0.956 bits per heavy atom. The standard InChI is InChI=1S/C35H42F3N3O4/c1-6-23-19-27(25-15-17-41(18-16-25)33(43)45-34(2,3)4)11-12-28(23)20-31-39-22-29(35(36,37)38)30(40-31)14-13-24-9-7-8-10-26(24)21-32(42)44-5/h7-12,19,22,25H,6,13-18,20-21H2,1-5H3. The molecule has 0 bridgehead atoms. The van der Waals surface area contributed by atoms with E-state index in [-0.39, 0.29) is 31.0 Å². The maximum absolute atomic E-state index is 13.9. The first-order valence-corrected chi connectivity index (χ1v) is 15.4. The molecule has 2 heterocycles. The number of benzene rings is 2. The molecule has 1 fully saturated rings. The van der Waals surface area contributed by atoms with Crippen LogP contribution in [0.2, 0.25) is 0 Å². The first-order valence-electron chi connectivity index (χ1n) is 15.4. The maximum Gasteiger partial charge on any atom is 0.419 e. The van der Waals surface area contributed by atoms with Gasteiger partial charge in [-0.25, -0.2) is 14.8 Å². The lowest BCUT2D eigenvalue weighted by Crippen LogP contribution is -2.41. The molecule has 7 nitrogen and oxygen atoms in total. The van der Waals surface area contributed by atoms with Crippen LogP contribution < -0.4 is 0 Å². The molecule has 1 saturated heterocycles. The fraction of sp³-hybridized carbons (Fsp3) is 0.486. The van der Waals surface area contributed by atoms with Crippen molar-refractivity contribution in [1.29, 1.82) is 0 Å². The number of rotatable bonds is 9. The van der Waals surface area contributed by atoms with Gasteiger partial charge >= 0.3 is 18.2 Å². The summed E-state index contributed by atoms with van der Waals surface area (Å²) in [7, 11) is 1.30. The summed E-state index contributed by atoms with van der Waals surface area (Å²) in [6.07, 6.45) is -0.886. The lowest BCUT2D eigenvalue weighted by Gasteiger charge is -2.33. The Balaban J connectivity index is 1.49. The van der Waals surface area contributed by atoms with Crippen LogP contribution in [0.1, 0.15) is 91.4 Å². The lowest BCUT2D eigenvalue weighted by molar-refractivity contribution is -0.140. The fourth-order valence-corrected chi connectivity index (χ4v) is 5.72. The molecule has 0 saturated carbocycles. The van der Waals surface area contributed by atoms with E-state index in [1.54, 1.807) is 23.1 Å². The molecule has 1 aliphatic rings. The van der Waals surface area contributed by atoms with Gasteiger partial charge in [-0.3, -0.25) is 4.79 Å². The van der Waals surface area contributed by atoms with Crippen LogP contribution in [0, 0.1) is 0 Å². The highest BCUT2D eigenvalue weighted by Crippen LogP contribution is 2.33. The molecule has 1 amide bonds. The summed E-state index contributed by atoms with van der Waals surface area (Å²) in [5, 5.41) is 0. The summed E-state index contributed by atoms with van der Waals surface area (Å²) in [5.41, 5.74) is 3.32. The van der Waals surface area contributed by atoms with Gasteiger partial charge in [-0.1, -0.05) is 49.4 Å². The molecule has 0 aliphatic carbocycles. The Bertz CT molecular complexity index is 1490. The number of alkyl halides is 3. The van der Waals surface area contributed by atoms with Gasteiger partial charge in [0.05, 0.1) is 24.8 Å². The van der Waals surface area contributed by atoms with Gasteiger partial charge in [0.15, 0.2) is 0 Å². The average molecular weight is 626 g/mol. The minimum Gasteiger partial charge on any atom is -0.469 e. The maximum atomic E-state index is 13.9. The zero-order chi connectivity index (χ0) is 32.8. The number of nitrogens with zero attached hydrogens (tertiary/aromatic N) is 3. The molecule has 1 aliphatic heterocycles. The van der Waals surface area contributed by atoms with Crippen LogP contribution in [0.3, 0.4) is 0 Å². The van der Waals surface area contributed by atoms with E-state index in [1.165, 1.54) is 12.7 Å². The Labute approximate surface area is 263 Å². The number of carbonyl (C=O) groups excluding carboxylic acids is 2. The number of hydrogen-bond donors (Lipinski definition) is 0. The van der Waals surface area contributed by atoms with Gasteiger partial charge in [0.2, 0.25) is 0 Å². The fourth-order valence-electron chi connectivity index (χ4n) is 5.72. The number of ether oxygens (including phenoxy) is 2. The molecule has 242 valence electrons. The molecule has 3 aromatic rings. The van der Waals surface area contributed by atoms with Crippen LogP contribution in [-0.4, -0.2) is 52.7 Å². The molecule has 4 rings (SSSR count). The third kappa shape index (κ3) is 9.28. The van der Waals surface area contributed by atoms with E-state index in [2.05, 4.69) is 29.0 Å². The molecule has 0 radical (unpaired) electrons. The first kappa shape index (κ1) is 33.9. The highest BCUT2D eigenvalue weighted by molar-refractivity contribution is 5.72. The van der Waals surface area contributed by atoms with E-state index >= 15 is 0 Å². The van der Waals surface area contributed by atoms with Gasteiger partial charge < -0.3 is 14.4 Å². The second kappa shape index (κ2) is 14.4. The molecule has 0 spiro atoms. The number of halogens is 3. The van der Waals surface area contributed by atoms with E-state index < -0.39 is 23.3 Å². The SMILES string of the molecule is CCc1cc(C2CCN(C(=O)OC(C)(C)C)CC2)ccc1Cc1ncc(C(F)(F)F)c(CCc2ccccc2CC(=O)OC)n1. The number of likely N-dealkylation sites (tertiary alicyclic amines) is 1. The molecule has 45 heavy (non-hydrogen) atoms. The van der Waals surface area contributed by atoms with Crippen molar-refractivity contribution < 1.29 is 32.2 Å². The quantitative estimate of drug-likeness (QED) is 0.233. The third-order valence-corrected chi connectivity index (χ3v) is 8.11. The van der Waals surface area contributed by atoms with Crippen LogP contribution in [0.5, 0.6) is 0 Å². The Morgan fingerprint density at radius 3 is 2.27 bits per heavy atom. The van der Waals surface area contributed by atoms with Crippen LogP contribution in [0.4, 0.5) is 18.0 Å². The van der Waals surface area contributed by atoms with Crippen molar-refractivity contribution in [2.24, 2.45) is 0 Å². The molecule has 1 aromatic heterocycles. The Hall–Kier alpha value is -3.95. The number of esters is 1. The monoisotopic (exact) mass is 625 g/mol. The summed E-state index contributed by atoms with van der Waals surface area (Å²) >= 11 is 0. The molecule has 0 N–H and O–H groups in total. The van der Waals surface area contributed by atoms with Gasteiger partial charge in [0, 0.05) is 25.7 Å². The first-order chi connectivity index (χ1) is 21.3. The molecule has 2 aromatic carbocycles. The summed E-state index contributed by atoms with van der Waals surface area (Å²) in [6.45, 7) is 8.87. The van der Waals surface area contributed by atoms with Crippen molar-refractivity contribution in [2.75, 3.05) is 20.2 Å². The number of aryl methyl sites for hydroxylation is 3. The summed E-state index contributed by atoms with van der Waals surface area (Å²) in [6, 6.07) is 13.4. The van der Waals surface area contributed by atoms with Crippen LogP contribution in [0.25, 0.3) is 0 Å². The number of amides is 1. The van der Waals surface area contributed by atoms with Crippen molar-refractivity contribution in [3.05, 3.63) is 93.6 Å². The summed E-state index contributed by atoms with van der Waals surface area (Å²) in [5.74, 6) is 0.222. The zero-order valence-corrected chi connectivity index (χ0v) is 26.7. The topological polar surface area (TPSA) is 81.6 Å². The second-order valence-electron chi connectivity index (χ2n) is 12.5. The third-order valence-electron chi connectivity index (χ3n) is 8.11. The number of methoxy groups -OCH3 is 1. The van der Waals surface area contributed by atoms with Gasteiger partial charge in [0.1, 0.15) is 11.4 Å². The van der Waals surface area contributed by atoms with Crippen LogP contribution >= 0.6 is 0 Å². The molecule has 0 atom stereocenters. The van der Waals surface area contributed by atoms with E-state index in [0.29, 0.717) is 31.3 Å². The second-order valence-corrected chi connectivity index (χ2v) is 12.5. The van der Waals surface area contributed by atoms with Gasteiger partial charge in [-0.2, -0.15) is 13.2 Å². The van der Waals surface area contributed by atoms with Crippen molar-refractivity contribution in [3.8, 4) is 0 Å². The van der Waals surface area contributed by atoms with E-state index in [1.807, 2.05) is 32.9 Å². The van der Waals surface area contributed by atoms with Gasteiger partial charge in [-0.05, 0) is 86.6 Å². The Kier molecular flexibility index (Phi) is 10.9. The van der Waals surface area contributed by atoms with E-state index in [4.69, 9.17) is 9.47 Å². The minimum atomic E-state index is -4.59. The normalized spacial score (nSPS) is 14.4. The minimum absolute atomic E-state index is 0.0457. The summed E-state index contributed by atoms with van der Waals surface area (Å²) < 4.78 is 52.1. The van der Waals surface area contributed by atoms with Gasteiger partial charge in [-0.15, -0.1) is 0 Å². The zero-order valence-electron chi connectivity index (χ0n) is 26.7. The number of carbonyl (C=O) groups is 2. The smallest absolute Gasteiger partial charge is 0.419 e. The largest absolute Gasteiger partial charge is 0.469 e. The van der Waals surface area contributed by atoms with E-state index in [9.17, 15) is 22.8 Å². The lowest BCUT2D eigenvalue weighted by atomic mass is 9.87. The number of hydrogen-bond acceptors (Lipinski definition) is 6. The molecular weight excluding hydrogens is 583 g/mol. The predicted octanol–water partition coefficient (Wildman–Crippen LogP) is 7.26. The van der Waals surface area contributed by atoms with Crippen molar-refractivity contribution >= 4 is 12.1 Å². The van der Waals surface area contributed by atoms with Crippen LogP contribution in [0.15, 0.2) is 48.7 Å². The predicted molar refractivity (Wildman–Crippen MR) is 165 cm³/mol. The van der Waals surface area contributed by atoms with Crippen molar-refractivity contribution in [3.63, 3.8) is 0 Å². The van der Waals surface area contributed by atoms with Gasteiger partial charge in [0.25, 0.3) is 0 Å². The highest BCUT2D eigenvalue weighted by atomic mass is 19.4. The molecular formula is C35H42F3N3O4. The average Bonchev–Trinajstić information content (AvgIpc) is 2.99. The van der Waals surface area contributed by atoms with E-state index in [0.717, 1.165) is 47.7 Å². The molecule has 0 unspecified atom stereocenters. The number of aromatic nitrogens is 2.